The van der Waals surface area contributed by atoms with Gasteiger partial charge in [0.25, 0.3) is 0 Å². The van der Waals surface area contributed by atoms with E-state index in [9.17, 15) is 13.2 Å². The van der Waals surface area contributed by atoms with E-state index in [2.05, 4.69) is 5.32 Å². The van der Waals surface area contributed by atoms with Crippen LogP contribution in [0.5, 0.6) is 0 Å². The molecule has 0 bridgehead atoms. The van der Waals surface area contributed by atoms with Crippen LogP contribution in [0.3, 0.4) is 0 Å². The van der Waals surface area contributed by atoms with Crippen LogP contribution in [0.2, 0.25) is 0 Å². The first kappa shape index (κ1) is 17.2. The lowest BCUT2D eigenvalue weighted by molar-refractivity contribution is -0.120. The zero-order chi connectivity index (χ0) is 17.0. The number of nitrogens with two attached hydrogens (primary N) is 1. The molecule has 122 valence electrons. The van der Waals surface area contributed by atoms with E-state index in [0.29, 0.717) is 0 Å². The molecule has 0 aliphatic heterocycles. The van der Waals surface area contributed by atoms with Crippen molar-refractivity contribution in [2.24, 2.45) is 5.73 Å². The molecule has 0 aliphatic rings. The SMILES string of the molecule is CC(NC(C(N)=O)c1ccccc1)c1ccc(S(C)(=O)=O)cc1. The van der Waals surface area contributed by atoms with Gasteiger partial charge in [0.05, 0.1) is 4.90 Å². The van der Waals surface area contributed by atoms with Gasteiger partial charge in [-0.05, 0) is 30.2 Å². The Balaban J connectivity index is 2.19. The Kier molecular flexibility index (Phi) is 5.18. The predicted octanol–water partition coefficient (Wildman–Crippen LogP) is 1.97. The minimum Gasteiger partial charge on any atom is -0.368 e. The predicted molar refractivity (Wildman–Crippen MR) is 89.5 cm³/mol. The summed E-state index contributed by atoms with van der Waals surface area (Å²) in [5, 5.41) is 3.18. The van der Waals surface area contributed by atoms with E-state index in [1.807, 2.05) is 37.3 Å². The van der Waals surface area contributed by atoms with Crippen molar-refractivity contribution in [3.05, 3.63) is 65.7 Å². The van der Waals surface area contributed by atoms with Gasteiger partial charge >= 0.3 is 0 Å². The van der Waals surface area contributed by atoms with Crippen molar-refractivity contribution in [3.63, 3.8) is 0 Å². The second-order valence-electron chi connectivity index (χ2n) is 5.48. The molecule has 1 amide bonds. The molecule has 0 fully saturated rings. The van der Waals surface area contributed by atoms with Crippen molar-refractivity contribution in [3.8, 4) is 0 Å². The quantitative estimate of drug-likeness (QED) is 0.846. The van der Waals surface area contributed by atoms with Crippen LogP contribution in [0.1, 0.15) is 30.1 Å². The summed E-state index contributed by atoms with van der Waals surface area (Å²) < 4.78 is 23.0. The van der Waals surface area contributed by atoms with E-state index in [1.54, 1.807) is 24.3 Å². The van der Waals surface area contributed by atoms with Crippen LogP contribution < -0.4 is 11.1 Å². The molecule has 23 heavy (non-hydrogen) atoms. The summed E-state index contributed by atoms with van der Waals surface area (Å²) in [5.74, 6) is -0.462. The number of primary amides is 1. The monoisotopic (exact) mass is 332 g/mol. The largest absolute Gasteiger partial charge is 0.368 e. The maximum Gasteiger partial charge on any atom is 0.239 e. The summed E-state index contributed by atoms with van der Waals surface area (Å²) in [7, 11) is -3.22. The highest BCUT2D eigenvalue weighted by molar-refractivity contribution is 7.90. The Bertz CT molecular complexity index is 771. The first-order valence-corrected chi connectivity index (χ1v) is 9.08. The normalized spacial score (nSPS) is 14.2. The van der Waals surface area contributed by atoms with E-state index in [0.717, 1.165) is 11.1 Å². The number of carbonyl (C=O) groups excluding carboxylic acids is 1. The molecule has 0 aromatic heterocycles. The van der Waals surface area contributed by atoms with Crippen LogP contribution in [0.15, 0.2) is 59.5 Å². The van der Waals surface area contributed by atoms with E-state index in [-0.39, 0.29) is 10.9 Å². The second kappa shape index (κ2) is 6.93. The lowest BCUT2D eigenvalue weighted by Gasteiger charge is -2.21. The van der Waals surface area contributed by atoms with Crippen molar-refractivity contribution < 1.29 is 13.2 Å². The number of hydrogen-bond donors (Lipinski definition) is 2. The topological polar surface area (TPSA) is 89.3 Å². The number of nitrogens with one attached hydrogen (secondary N) is 1. The highest BCUT2D eigenvalue weighted by Gasteiger charge is 2.20. The summed E-state index contributed by atoms with van der Waals surface area (Å²) in [6.07, 6.45) is 1.17. The Labute approximate surface area is 136 Å². The average molecular weight is 332 g/mol. The number of sulfone groups is 1. The summed E-state index contributed by atoms with van der Waals surface area (Å²) in [6, 6.07) is 15.0. The molecule has 2 aromatic carbocycles. The first-order valence-electron chi connectivity index (χ1n) is 7.19. The van der Waals surface area contributed by atoms with Crippen LogP contribution in [0.25, 0.3) is 0 Å². The molecule has 3 N–H and O–H groups in total. The standard InChI is InChI=1S/C17H20N2O3S/c1-12(13-8-10-15(11-9-13)23(2,21)22)19-16(17(18)20)14-6-4-3-5-7-14/h3-12,16,19H,1-2H3,(H2,18,20). The summed E-state index contributed by atoms with van der Waals surface area (Å²) >= 11 is 0. The van der Waals surface area contributed by atoms with Crippen LogP contribution in [0.4, 0.5) is 0 Å². The summed E-state index contributed by atoms with van der Waals surface area (Å²) in [6.45, 7) is 1.90. The molecule has 2 atom stereocenters. The Morgan fingerprint density at radius 1 is 1.00 bits per heavy atom. The highest BCUT2D eigenvalue weighted by Crippen LogP contribution is 2.21. The molecule has 0 saturated heterocycles. The zero-order valence-corrected chi connectivity index (χ0v) is 13.9. The first-order chi connectivity index (χ1) is 10.8. The van der Waals surface area contributed by atoms with Crippen LogP contribution >= 0.6 is 0 Å². The third kappa shape index (κ3) is 4.40. The fourth-order valence-corrected chi connectivity index (χ4v) is 2.97. The van der Waals surface area contributed by atoms with E-state index >= 15 is 0 Å². The van der Waals surface area contributed by atoms with Crippen molar-refractivity contribution in [2.45, 2.75) is 23.9 Å². The van der Waals surface area contributed by atoms with Crippen molar-refractivity contribution in [1.82, 2.24) is 5.32 Å². The molecule has 2 unspecified atom stereocenters. The van der Waals surface area contributed by atoms with Crippen molar-refractivity contribution in [2.75, 3.05) is 6.26 Å². The molecule has 5 nitrogen and oxygen atoms in total. The van der Waals surface area contributed by atoms with Gasteiger partial charge in [-0.25, -0.2) is 8.42 Å². The van der Waals surface area contributed by atoms with Gasteiger partial charge in [-0.3, -0.25) is 10.1 Å². The third-order valence-corrected chi connectivity index (χ3v) is 4.77. The minimum absolute atomic E-state index is 0.165. The van der Waals surface area contributed by atoms with Gasteiger partial charge in [-0.2, -0.15) is 0 Å². The molecule has 2 rings (SSSR count). The number of benzene rings is 2. The fraction of sp³-hybridized carbons (Fsp3) is 0.235. The summed E-state index contributed by atoms with van der Waals surface area (Å²) in [5.41, 5.74) is 7.16. The lowest BCUT2D eigenvalue weighted by Crippen LogP contribution is -2.35. The summed E-state index contributed by atoms with van der Waals surface area (Å²) in [4.78, 5) is 12.0. The van der Waals surface area contributed by atoms with Crippen molar-refractivity contribution in [1.29, 1.82) is 0 Å². The van der Waals surface area contributed by atoms with Gasteiger partial charge < -0.3 is 5.73 Å². The average Bonchev–Trinajstić information content (AvgIpc) is 2.52. The number of rotatable bonds is 6. The van der Waals surface area contributed by atoms with Gasteiger partial charge in [0, 0.05) is 12.3 Å². The Morgan fingerprint density at radius 2 is 1.57 bits per heavy atom. The van der Waals surface area contributed by atoms with Gasteiger partial charge in [0.15, 0.2) is 9.84 Å². The molecule has 0 saturated carbocycles. The van der Waals surface area contributed by atoms with E-state index in [4.69, 9.17) is 5.73 Å². The van der Waals surface area contributed by atoms with E-state index in [1.165, 1.54) is 6.26 Å². The molecular formula is C17H20N2O3S. The number of carbonyl (C=O) groups is 1. The minimum atomic E-state index is -3.22. The molecule has 2 aromatic rings. The number of hydrogen-bond acceptors (Lipinski definition) is 4. The zero-order valence-electron chi connectivity index (χ0n) is 13.1. The van der Waals surface area contributed by atoms with Gasteiger partial charge in [-0.15, -0.1) is 0 Å². The molecule has 0 heterocycles. The second-order valence-corrected chi connectivity index (χ2v) is 7.49. The fourth-order valence-electron chi connectivity index (χ4n) is 2.34. The molecule has 6 heteroatoms. The maximum atomic E-state index is 11.7. The molecular weight excluding hydrogens is 312 g/mol. The Morgan fingerprint density at radius 3 is 2.04 bits per heavy atom. The van der Waals surface area contributed by atoms with E-state index < -0.39 is 21.8 Å². The molecule has 0 radical (unpaired) electrons. The number of amides is 1. The van der Waals surface area contributed by atoms with Crippen molar-refractivity contribution >= 4 is 15.7 Å². The van der Waals surface area contributed by atoms with Crippen LogP contribution in [-0.2, 0) is 14.6 Å². The van der Waals surface area contributed by atoms with Gasteiger partial charge in [0.1, 0.15) is 6.04 Å². The highest BCUT2D eigenvalue weighted by atomic mass is 32.2. The van der Waals surface area contributed by atoms with Gasteiger partial charge in [0.2, 0.25) is 5.91 Å². The van der Waals surface area contributed by atoms with Gasteiger partial charge in [-0.1, -0.05) is 42.5 Å². The lowest BCUT2D eigenvalue weighted by atomic mass is 10.0. The smallest absolute Gasteiger partial charge is 0.239 e. The maximum absolute atomic E-state index is 11.7. The Hall–Kier alpha value is -2.18. The molecule has 0 spiro atoms. The third-order valence-electron chi connectivity index (χ3n) is 3.64. The molecule has 0 aliphatic carbocycles. The van der Waals surface area contributed by atoms with Crippen LogP contribution in [-0.4, -0.2) is 20.6 Å². The van der Waals surface area contributed by atoms with Crippen LogP contribution in [0, 0.1) is 0 Å².